The van der Waals surface area contributed by atoms with Crippen molar-refractivity contribution in [1.82, 2.24) is 10.1 Å². The quantitative estimate of drug-likeness (QED) is 0.721. The molecule has 0 aliphatic carbocycles. The third kappa shape index (κ3) is 2.94. The van der Waals surface area contributed by atoms with Crippen LogP contribution in [0.25, 0.3) is 11.3 Å². The topological polar surface area (TPSA) is 55.6 Å². The van der Waals surface area contributed by atoms with Crippen LogP contribution in [0, 0.1) is 5.82 Å². The molecular weight excluding hydrogens is 335 g/mol. The predicted molar refractivity (Wildman–Crippen MR) is 93.3 cm³/mol. The third-order valence-corrected chi connectivity index (χ3v) is 4.55. The Balaban J connectivity index is 1.62. The number of ether oxygens (including phenoxy) is 1. The maximum absolute atomic E-state index is 13.2. The molecule has 6 heteroatoms. The van der Waals surface area contributed by atoms with E-state index in [0.717, 1.165) is 16.8 Å². The number of aromatic nitrogens is 1. The molecule has 0 bridgehead atoms. The molecule has 1 aliphatic rings. The van der Waals surface area contributed by atoms with Gasteiger partial charge < -0.3 is 14.2 Å². The highest BCUT2D eigenvalue weighted by molar-refractivity contribution is 5.94. The summed E-state index contributed by atoms with van der Waals surface area (Å²) < 4.78 is 23.9. The summed E-state index contributed by atoms with van der Waals surface area (Å²) >= 11 is 0. The van der Waals surface area contributed by atoms with E-state index in [-0.39, 0.29) is 11.7 Å². The van der Waals surface area contributed by atoms with E-state index < -0.39 is 0 Å². The molecule has 0 radical (unpaired) electrons. The van der Waals surface area contributed by atoms with Crippen LogP contribution in [0.3, 0.4) is 0 Å². The number of methoxy groups -OCH3 is 1. The van der Waals surface area contributed by atoms with E-state index in [0.29, 0.717) is 36.6 Å². The number of fused-ring (bicyclic) bond motifs is 1. The fourth-order valence-electron chi connectivity index (χ4n) is 3.15. The molecule has 0 saturated heterocycles. The van der Waals surface area contributed by atoms with Crippen LogP contribution in [0.2, 0.25) is 0 Å². The molecule has 3 aromatic rings. The van der Waals surface area contributed by atoms with Crippen molar-refractivity contribution >= 4 is 5.91 Å². The molecule has 2 aromatic carbocycles. The molecule has 0 saturated carbocycles. The van der Waals surface area contributed by atoms with Crippen molar-refractivity contribution in [2.24, 2.45) is 0 Å². The second-order valence-electron chi connectivity index (χ2n) is 6.15. The summed E-state index contributed by atoms with van der Waals surface area (Å²) in [6.45, 7) is 0.972. The van der Waals surface area contributed by atoms with Gasteiger partial charge >= 0.3 is 0 Å². The molecule has 1 amide bonds. The summed E-state index contributed by atoms with van der Waals surface area (Å²) in [6, 6.07) is 13.2. The number of rotatable bonds is 3. The monoisotopic (exact) mass is 352 g/mol. The zero-order valence-electron chi connectivity index (χ0n) is 14.2. The average molecular weight is 352 g/mol. The van der Waals surface area contributed by atoms with Crippen LogP contribution in [0.5, 0.6) is 5.75 Å². The predicted octanol–water partition coefficient (Wildman–Crippen LogP) is 3.69. The van der Waals surface area contributed by atoms with Gasteiger partial charge in [-0.15, -0.1) is 0 Å². The molecule has 0 unspecified atom stereocenters. The van der Waals surface area contributed by atoms with Gasteiger partial charge in [0.1, 0.15) is 11.6 Å². The van der Waals surface area contributed by atoms with Gasteiger partial charge in [-0.25, -0.2) is 4.39 Å². The molecule has 132 valence electrons. The van der Waals surface area contributed by atoms with Crippen LogP contribution < -0.4 is 4.74 Å². The number of carbonyl (C=O) groups excluding carboxylic acids is 1. The summed E-state index contributed by atoms with van der Waals surface area (Å²) in [5.41, 5.74) is 3.04. The second-order valence-corrected chi connectivity index (χ2v) is 6.15. The molecule has 1 aromatic heterocycles. The number of benzene rings is 2. The number of hydrogen-bond donors (Lipinski definition) is 0. The van der Waals surface area contributed by atoms with Gasteiger partial charge in [0.05, 0.1) is 19.3 Å². The minimum atomic E-state index is -0.308. The molecule has 5 nitrogen and oxygen atoms in total. The van der Waals surface area contributed by atoms with Crippen molar-refractivity contribution in [3.8, 4) is 17.1 Å². The summed E-state index contributed by atoms with van der Waals surface area (Å²) in [6.07, 6.45) is 0.621. The molecule has 26 heavy (non-hydrogen) atoms. The van der Waals surface area contributed by atoms with E-state index >= 15 is 0 Å². The Bertz CT molecular complexity index is 950. The summed E-state index contributed by atoms with van der Waals surface area (Å²) in [7, 11) is 1.57. The molecule has 4 rings (SSSR count). The second kappa shape index (κ2) is 6.63. The SMILES string of the molecule is COc1cccc(C(=O)N2CCc3noc(-c4ccc(F)cc4)c3C2)c1. The largest absolute Gasteiger partial charge is 0.497 e. The van der Waals surface area contributed by atoms with Crippen LogP contribution in [-0.4, -0.2) is 29.6 Å². The van der Waals surface area contributed by atoms with Crippen LogP contribution in [0.15, 0.2) is 53.1 Å². The minimum absolute atomic E-state index is 0.0687. The lowest BCUT2D eigenvalue weighted by molar-refractivity contribution is 0.0734. The first-order chi connectivity index (χ1) is 12.7. The Morgan fingerprint density at radius 2 is 2.04 bits per heavy atom. The Hall–Kier alpha value is -3.15. The van der Waals surface area contributed by atoms with Crippen molar-refractivity contribution in [3.63, 3.8) is 0 Å². The highest BCUT2D eigenvalue weighted by Gasteiger charge is 2.28. The summed E-state index contributed by atoms with van der Waals surface area (Å²) in [5, 5.41) is 4.12. The first kappa shape index (κ1) is 16.3. The third-order valence-electron chi connectivity index (χ3n) is 4.55. The number of hydrogen-bond acceptors (Lipinski definition) is 4. The van der Waals surface area contributed by atoms with Crippen LogP contribution in [0.4, 0.5) is 4.39 Å². The number of amides is 1. The molecule has 0 N–H and O–H groups in total. The fraction of sp³-hybridized carbons (Fsp3) is 0.200. The van der Waals surface area contributed by atoms with Gasteiger partial charge in [-0.2, -0.15) is 0 Å². The maximum Gasteiger partial charge on any atom is 0.254 e. The van der Waals surface area contributed by atoms with Crippen molar-refractivity contribution in [2.45, 2.75) is 13.0 Å². The standard InChI is InChI=1S/C20H17FN2O3/c1-25-16-4-2-3-14(11-16)20(24)23-10-9-18-17(12-23)19(26-22-18)13-5-7-15(21)8-6-13/h2-8,11H,9-10,12H2,1H3. The van der Waals surface area contributed by atoms with Gasteiger partial charge in [-0.05, 0) is 42.5 Å². The van der Waals surface area contributed by atoms with E-state index in [1.807, 2.05) is 0 Å². The zero-order valence-corrected chi connectivity index (χ0v) is 14.2. The first-order valence-corrected chi connectivity index (χ1v) is 8.32. The van der Waals surface area contributed by atoms with E-state index in [4.69, 9.17) is 9.26 Å². The van der Waals surface area contributed by atoms with Crippen molar-refractivity contribution in [1.29, 1.82) is 0 Å². The number of carbonyl (C=O) groups is 1. The Morgan fingerprint density at radius 3 is 2.81 bits per heavy atom. The molecule has 0 spiro atoms. The highest BCUT2D eigenvalue weighted by Crippen LogP contribution is 2.31. The smallest absolute Gasteiger partial charge is 0.254 e. The molecular formula is C20H17FN2O3. The zero-order chi connectivity index (χ0) is 18.1. The number of nitrogens with zero attached hydrogens (tertiary/aromatic N) is 2. The Labute approximate surface area is 150 Å². The lowest BCUT2D eigenvalue weighted by atomic mass is 10.0. The van der Waals surface area contributed by atoms with E-state index in [2.05, 4.69) is 5.16 Å². The Morgan fingerprint density at radius 1 is 1.23 bits per heavy atom. The lowest BCUT2D eigenvalue weighted by Gasteiger charge is -2.26. The van der Waals surface area contributed by atoms with Crippen LogP contribution >= 0.6 is 0 Å². The van der Waals surface area contributed by atoms with E-state index in [1.165, 1.54) is 12.1 Å². The summed E-state index contributed by atoms with van der Waals surface area (Å²) in [5.74, 6) is 0.853. The van der Waals surface area contributed by atoms with E-state index in [9.17, 15) is 9.18 Å². The van der Waals surface area contributed by atoms with Crippen LogP contribution in [0.1, 0.15) is 21.6 Å². The van der Waals surface area contributed by atoms with Gasteiger partial charge in [-0.1, -0.05) is 11.2 Å². The van der Waals surface area contributed by atoms with Gasteiger partial charge in [0.2, 0.25) is 0 Å². The van der Waals surface area contributed by atoms with Gasteiger partial charge in [0, 0.05) is 29.7 Å². The van der Waals surface area contributed by atoms with Gasteiger partial charge in [0.15, 0.2) is 5.76 Å². The average Bonchev–Trinajstić information content (AvgIpc) is 3.11. The lowest BCUT2D eigenvalue weighted by Crippen LogP contribution is -2.35. The van der Waals surface area contributed by atoms with Crippen molar-refractivity contribution in [3.05, 3.63) is 71.2 Å². The van der Waals surface area contributed by atoms with Crippen molar-refractivity contribution in [2.75, 3.05) is 13.7 Å². The summed E-state index contributed by atoms with van der Waals surface area (Å²) in [4.78, 5) is 14.6. The minimum Gasteiger partial charge on any atom is -0.497 e. The molecule has 0 atom stereocenters. The normalized spacial score (nSPS) is 13.4. The van der Waals surface area contributed by atoms with Gasteiger partial charge in [-0.3, -0.25) is 4.79 Å². The maximum atomic E-state index is 13.2. The van der Waals surface area contributed by atoms with E-state index in [1.54, 1.807) is 48.4 Å². The molecule has 1 aliphatic heterocycles. The van der Waals surface area contributed by atoms with Crippen LogP contribution in [-0.2, 0) is 13.0 Å². The van der Waals surface area contributed by atoms with Crippen molar-refractivity contribution < 1.29 is 18.4 Å². The van der Waals surface area contributed by atoms with Gasteiger partial charge in [0.25, 0.3) is 5.91 Å². The first-order valence-electron chi connectivity index (χ1n) is 8.32. The Kier molecular flexibility index (Phi) is 4.16. The number of halogens is 1. The highest BCUT2D eigenvalue weighted by atomic mass is 19.1. The molecule has 0 fully saturated rings. The molecule has 2 heterocycles. The fourth-order valence-corrected chi connectivity index (χ4v) is 3.15.